The average molecular weight is 233 g/mol. The first-order chi connectivity index (χ1) is 6.83. The Bertz CT molecular complexity index is 285. The molecular weight excluding hydrogens is 210 g/mol. The second-order valence-electron chi connectivity index (χ2n) is 4.37. The summed E-state index contributed by atoms with van der Waals surface area (Å²) < 4.78 is 22.0. The van der Waals surface area contributed by atoms with Crippen molar-refractivity contribution in [3.63, 3.8) is 0 Å². The molecule has 0 rings (SSSR count). The minimum absolute atomic E-state index is 0.000694. The molecule has 1 atom stereocenters. The molecular formula is C11H23NO2S. The maximum Gasteiger partial charge on any atom is 0.147 e. The normalized spacial score (nSPS) is 15.9. The molecule has 0 heterocycles. The van der Waals surface area contributed by atoms with E-state index < -0.39 is 9.84 Å². The molecule has 0 saturated heterocycles. The van der Waals surface area contributed by atoms with Crippen LogP contribution in [-0.2, 0) is 9.84 Å². The fraction of sp³-hybridized carbons (Fsp3) is 0.818. The van der Waals surface area contributed by atoms with E-state index in [0.717, 1.165) is 19.5 Å². The van der Waals surface area contributed by atoms with Crippen molar-refractivity contribution < 1.29 is 8.42 Å². The molecule has 0 aliphatic rings. The van der Waals surface area contributed by atoms with Gasteiger partial charge in [-0.05, 0) is 24.8 Å². The third-order valence-corrected chi connectivity index (χ3v) is 3.56. The van der Waals surface area contributed by atoms with Gasteiger partial charge < -0.3 is 5.32 Å². The first kappa shape index (κ1) is 14.6. The van der Waals surface area contributed by atoms with Crippen molar-refractivity contribution in [3.8, 4) is 0 Å². The molecule has 3 nitrogen and oxygen atoms in total. The van der Waals surface area contributed by atoms with Gasteiger partial charge in [-0.3, -0.25) is 0 Å². The standard InChI is InChI=1S/C11H23NO2S/c1-5-11(3,10-12-6-2)8-7-9-15(4,13)14/h5,12H,1,6-10H2,2-4H3. The fourth-order valence-electron chi connectivity index (χ4n) is 1.41. The molecule has 1 unspecified atom stereocenters. The quantitative estimate of drug-likeness (QED) is 0.648. The number of hydrogen-bond donors (Lipinski definition) is 1. The molecule has 0 aromatic heterocycles. The van der Waals surface area contributed by atoms with Crippen LogP contribution in [0.1, 0.15) is 26.7 Å². The Balaban J connectivity index is 4.03. The molecule has 0 amide bonds. The van der Waals surface area contributed by atoms with Crippen molar-refractivity contribution in [1.29, 1.82) is 0 Å². The second kappa shape index (κ2) is 6.28. The van der Waals surface area contributed by atoms with Crippen molar-refractivity contribution in [2.24, 2.45) is 5.41 Å². The van der Waals surface area contributed by atoms with Crippen LogP contribution < -0.4 is 5.32 Å². The van der Waals surface area contributed by atoms with Crippen molar-refractivity contribution in [2.75, 3.05) is 25.1 Å². The predicted octanol–water partition coefficient (Wildman–Crippen LogP) is 1.61. The van der Waals surface area contributed by atoms with Crippen LogP contribution >= 0.6 is 0 Å². The van der Waals surface area contributed by atoms with Crippen LogP contribution in [0.4, 0.5) is 0 Å². The van der Waals surface area contributed by atoms with E-state index in [2.05, 4.69) is 25.7 Å². The number of hydrogen-bond acceptors (Lipinski definition) is 3. The lowest BCUT2D eigenvalue weighted by Crippen LogP contribution is -2.30. The summed E-state index contributed by atoms with van der Waals surface area (Å²) >= 11 is 0. The Morgan fingerprint density at radius 3 is 2.47 bits per heavy atom. The summed E-state index contributed by atoms with van der Waals surface area (Å²) in [5.74, 6) is 0.266. The molecule has 0 aromatic carbocycles. The van der Waals surface area contributed by atoms with E-state index in [9.17, 15) is 8.42 Å². The van der Waals surface area contributed by atoms with Gasteiger partial charge in [0.1, 0.15) is 9.84 Å². The number of nitrogens with one attached hydrogen (secondary N) is 1. The first-order valence-electron chi connectivity index (χ1n) is 5.35. The van der Waals surface area contributed by atoms with Gasteiger partial charge in [-0.25, -0.2) is 8.42 Å². The Morgan fingerprint density at radius 1 is 1.47 bits per heavy atom. The van der Waals surface area contributed by atoms with Gasteiger partial charge in [-0.1, -0.05) is 19.9 Å². The van der Waals surface area contributed by atoms with Gasteiger partial charge >= 0.3 is 0 Å². The highest BCUT2D eigenvalue weighted by Crippen LogP contribution is 2.23. The lowest BCUT2D eigenvalue weighted by molar-refractivity contribution is 0.365. The first-order valence-corrected chi connectivity index (χ1v) is 7.41. The van der Waals surface area contributed by atoms with Crippen LogP contribution in [0.2, 0.25) is 0 Å². The summed E-state index contributed by atoms with van der Waals surface area (Å²) in [5.41, 5.74) is 0.000694. The van der Waals surface area contributed by atoms with Crippen molar-refractivity contribution in [2.45, 2.75) is 26.7 Å². The highest BCUT2D eigenvalue weighted by atomic mass is 32.2. The zero-order valence-corrected chi connectivity index (χ0v) is 10.9. The lowest BCUT2D eigenvalue weighted by Gasteiger charge is -2.25. The molecule has 0 spiro atoms. The summed E-state index contributed by atoms with van der Waals surface area (Å²) in [5, 5.41) is 3.27. The van der Waals surface area contributed by atoms with Gasteiger partial charge in [0.25, 0.3) is 0 Å². The van der Waals surface area contributed by atoms with Crippen molar-refractivity contribution in [3.05, 3.63) is 12.7 Å². The van der Waals surface area contributed by atoms with Crippen molar-refractivity contribution in [1.82, 2.24) is 5.32 Å². The molecule has 0 saturated carbocycles. The largest absolute Gasteiger partial charge is 0.316 e. The van der Waals surface area contributed by atoms with E-state index in [1.165, 1.54) is 6.26 Å². The van der Waals surface area contributed by atoms with Crippen LogP contribution in [-0.4, -0.2) is 33.5 Å². The van der Waals surface area contributed by atoms with Gasteiger partial charge in [-0.15, -0.1) is 6.58 Å². The maximum absolute atomic E-state index is 11.0. The number of rotatable bonds is 8. The van der Waals surface area contributed by atoms with Gasteiger partial charge in [0.05, 0.1) is 0 Å². The summed E-state index contributed by atoms with van der Waals surface area (Å²) in [6.45, 7) is 9.75. The molecule has 0 fully saturated rings. The second-order valence-corrected chi connectivity index (χ2v) is 6.63. The van der Waals surface area contributed by atoms with E-state index in [0.29, 0.717) is 6.42 Å². The van der Waals surface area contributed by atoms with Crippen LogP contribution in [0.15, 0.2) is 12.7 Å². The Morgan fingerprint density at radius 2 is 2.07 bits per heavy atom. The Labute approximate surface area is 93.9 Å². The minimum Gasteiger partial charge on any atom is -0.316 e. The van der Waals surface area contributed by atoms with E-state index in [-0.39, 0.29) is 11.2 Å². The predicted molar refractivity (Wildman–Crippen MR) is 65.8 cm³/mol. The monoisotopic (exact) mass is 233 g/mol. The summed E-state index contributed by atoms with van der Waals surface area (Å²) in [7, 11) is -2.83. The zero-order chi connectivity index (χ0) is 11.9. The fourth-order valence-corrected chi connectivity index (χ4v) is 2.08. The molecule has 1 N–H and O–H groups in total. The van der Waals surface area contributed by atoms with Crippen LogP contribution in [0.3, 0.4) is 0 Å². The van der Waals surface area contributed by atoms with E-state index in [1.807, 2.05) is 6.08 Å². The van der Waals surface area contributed by atoms with Crippen LogP contribution in [0.5, 0.6) is 0 Å². The Kier molecular flexibility index (Phi) is 6.13. The lowest BCUT2D eigenvalue weighted by atomic mass is 9.86. The summed E-state index contributed by atoms with van der Waals surface area (Å²) in [6.07, 6.45) is 4.75. The molecule has 0 aromatic rings. The van der Waals surface area contributed by atoms with E-state index in [1.54, 1.807) is 0 Å². The molecule has 4 heteroatoms. The number of sulfone groups is 1. The smallest absolute Gasteiger partial charge is 0.147 e. The SMILES string of the molecule is C=CC(C)(CCCS(C)(=O)=O)CNCC. The third kappa shape index (κ3) is 7.56. The van der Waals surface area contributed by atoms with E-state index in [4.69, 9.17) is 0 Å². The van der Waals surface area contributed by atoms with Gasteiger partial charge in [0.15, 0.2) is 0 Å². The zero-order valence-electron chi connectivity index (χ0n) is 10.0. The molecule has 15 heavy (non-hydrogen) atoms. The van der Waals surface area contributed by atoms with E-state index >= 15 is 0 Å². The molecule has 0 aliphatic carbocycles. The average Bonchev–Trinajstić information content (AvgIpc) is 2.13. The maximum atomic E-state index is 11.0. The minimum atomic E-state index is -2.83. The van der Waals surface area contributed by atoms with Gasteiger partial charge in [0, 0.05) is 18.6 Å². The molecule has 0 radical (unpaired) electrons. The summed E-state index contributed by atoms with van der Waals surface area (Å²) in [6, 6.07) is 0. The van der Waals surface area contributed by atoms with Crippen LogP contribution in [0.25, 0.3) is 0 Å². The summed E-state index contributed by atoms with van der Waals surface area (Å²) in [4.78, 5) is 0. The molecule has 90 valence electrons. The molecule has 0 aliphatic heterocycles. The Hall–Kier alpha value is -0.350. The molecule has 0 bridgehead atoms. The van der Waals surface area contributed by atoms with Crippen LogP contribution in [0, 0.1) is 5.41 Å². The topological polar surface area (TPSA) is 46.2 Å². The van der Waals surface area contributed by atoms with Crippen molar-refractivity contribution >= 4 is 9.84 Å². The highest BCUT2D eigenvalue weighted by molar-refractivity contribution is 7.90. The van der Waals surface area contributed by atoms with Gasteiger partial charge in [-0.2, -0.15) is 0 Å². The third-order valence-electron chi connectivity index (χ3n) is 2.53. The van der Waals surface area contributed by atoms with Gasteiger partial charge in [0.2, 0.25) is 0 Å². The highest BCUT2D eigenvalue weighted by Gasteiger charge is 2.19.